The van der Waals surface area contributed by atoms with Crippen molar-refractivity contribution < 1.29 is 4.92 Å². The number of nitro groups is 1. The Balaban J connectivity index is 1.98. The minimum atomic E-state index is -0.233. The fraction of sp³-hybridized carbons (Fsp3) is 0.500. The topological polar surface area (TPSA) is 46.4 Å². The lowest BCUT2D eigenvalue weighted by molar-refractivity contribution is -0.385. The third-order valence-electron chi connectivity index (χ3n) is 4.73. The lowest BCUT2D eigenvalue weighted by Gasteiger charge is -2.44. The van der Waals surface area contributed by atoms with Crippen molar-refractivity contribution in [3.63, 3.8) is 0 Å². The summed E-state index contributed by atoms with van der Waals surface area (Å²) in [6, 6.07) is 6.10. The van der Waals surface area contributed by atoms with Gasteiger partial charge in [0, 0.05) is 30.1 Å². The molecule has 1 aliphatic carbocycles. The number of rotatable bonds is 3. The number of benzene rings is 1. The van der Waals surface area contributed by atoms with Gasteiger partial charge in [0.05, 0.1) is 4.92 Å². The molecule has 0 radical (unpaired) electrons. The molecule has 1 heterocycles. The Morgan fingerprint density at radius 1 is 1.45 bits per heavy atom. The molecule has 1 aliphatic heterocycles. The number of nitro benzene ring substituents is 1. The van der Waals surface area contributed by atoms with Crippen LogP contribution in [-0.2, 0) is 6.42 Å². The molecule has 0 amide bonds. The van der Waals surface area contributed by atoms with Crippen LogP contribution in [0.25, 0.3) is 0 Å². The summed E-state index contributed by atoms with van der Waals surface area (Å²) in [5, 5.41) is 11.2. The van der Waals surface area contributed by atoms with Crippen molar-refractivity contribution in [3.8, 4) is 0 Å². The van der Waals surface area contributed by atoms with Crippen molar-refractivity contribution >= 4 is 5.69 Å². The average molecular weight is 272 g/mol. The van der Waals surface area contributed by atoms with Gasteiger partial charge in [-0.25, -0.2) is 0 Å². The van der Waals surface area contributed by atoms with Crippen LogP contribution < -0.4 is 0 Å². The molecule has 1 fully saturated rings. The van der Waals surface area contributed by atoms with E-state index in [1.165, 1.54) is 5.56 Å². The standard InChI is InChI=1S/C16H20N2O2/c1-2-10-17-11-4-6-13-12-5-3-7-16(18(19)20)14(12)8-9-15(13)17/h2-3,5,7,13,15H,1,4,6,8-11H2. The third kappa shape index (κ3) is 2.14. The van der Waals surface area contributed by atoms with Crippen molar-refractivity contribution in [2.45, 2.75) is 37.6 Å². The molecular formula is C16H20N2O2. The number of hydrogen-bond donors (Lipinski definition) is 0. The van der Waals surface area contributed by atoms with Crippen molar-refractivity contribution in [2.24, 2.45) is 0 Å². The van der Waals surface area contributed by atoms with E-state index in [0.717, 1.165) is 44.3 Å². The Hall–Kier alpha value is -1.68. The zero-order chi connectivity index (χ0) is 14.1. The summed E-state index contributed by atoms with van der Waals surface area (Å²) in [6.07, 6.45) is 6.12. The van der Waals surface area contributed by atoms with Gasteiger partial charge in [-0.2, -0.15) is 0 Å². The molecule has 106 valence electrons. The Morgan fingerprint density at radius 3 is 3.05 bits per heavy atom. The molecule has 4 nitrogen and oxygen atoms in total. The van der Waals surface area contributed by atoms with E-state index >= 15 is 0 Å². The molecule has 3 rings (SSSR count). The van der Waals surface area contributed by atoms with Gasteiger partial charge in [0.1, 0.15) is 0 Å². The summed E-state index contributed by atoms with van der Waals surface area (Å²) in [7, 11) is 0. The van der Waals surface area contributed by atoms with E-state index in [1.54, 1.807) is 6.07 Å². The Labute approximate surface area is 119 Å². The van der Waals surface area contributed by atoms with Crippen molar-refractivity contribution in [2.75, 3.05) is 13.1 Å². The largest absolute Gasteiger partial charge is 0.296 e. The molecule has 4 heteroatoms. The molecule has 1 saturated heterocycles. The van der Waals surface area contributed by atoms with Crippen molar-refractivity contribution in [1.82, 2.24) is 4.90 Å². The average Bonchev–Trinajstić information content (AvgIpc) is 2.47. The fourth-order valence-corrected chi connectivity index (χ4v) is 3.94. The summed E-state index contributed by atoms with van der Waals surface area (Å²) in [6.45, 7) is 5.89. The summed E-state index contributed by atoms with van der Waals surface area (Å²) < 4.78 is 0. The Bertz CT molecular complexity index is 541. The number of fused-ring (bicyclic) bond motifs is 3. The second-order valence-electron chi connectivity index (χ2n) is 5.74. The van der Waals surface area contributed by atoms with E-state index in [9.17, 15) is 10.1 Å². The van der Waals surface area contributed by atoms with Gasteiger partial charge in [-0.3, -0.25) is 15.0 Å². The van der Waals surface area contributed by atoms with Gasteiger partial charge in [0.25, 0.3) is 5.69 Å². The molecule has 2 aliphatic rings. The highest BCUT2D eigenvalue weighted by Crippen LogP contribution is 2.43. The van der Waals surface area contributed by atoms with E-state index in [-0.39, 0.29) is 4.92 Å². The van der Waals surface area contributed by atoms with Crippen LogP contribution in [0.5, 0.6) is 0 Å². The first-order valence-electron chi connectivity index (χ1n) is 7.33. The van der Waals surface area contributed by atoms with Crippen molar-refractivity contribution in [1.29, 1.82) is 0 Å². The SMILES string of the molecule is C=CCN1CCCC2c3cccc([N+](=O)[O-])c3CCC21. The number of likely N-dealkylation sites (tertiary alicyclic amines) is 1. The van der Waals surface area contributed by atoms with E-state index in [1.807, 2.05) is 12.1 Å². The Morgan fingerprint density at radius 2 is 2.30 bits per heavy atom. The van der Waals surface area contributed by atoms with Crippen LogP contribution in [0.2, 0.25) is 0 Å². The molecule has 0 N–H and O–H groups in total. The summed E-state index contributed by atoms with van der Waals surface area (Å²) in [5.74, 6) is 0.451. The van der Waals surface area contributed by atoms with E-state index in [4.69, 9.17) is 0 Å². The maximum absolute atomic E-state index is 11.2. The first kappa shape index (κ1) is 13.3. The van der Waals surface area contributed by atoms with Gasteiger partial charge >= 0.3 is 0 Å². The van der Waals surface area contributed by atoms with Crippen LogP contribution in [0.4, 0.5) is 5.69 Å². The molecule has 1 aromatic carbocycles. The number of piperidine rings is 1. The van der Waals surface area contributed by atoms with Crippen LogP contribution in [0.1, 0.15) is 36.3 Å². The lowest BCUT2D eigenvalue weighted by atomic mass is 9.74. The van der Waals surface area contributed by atoms with Gasteiger partial charge in [0.15, 0.2) is 0 Å². The molecule has 0 spiro atoms. The van der Waals surface area contributed by atoms with Crippen LogP contribution in [0, 0.1) is 10.1 Å². The molecule has 1 aromatic rings. The number of hydrogen-bond acceptors (Lipinski definition) is 3. The van der Waals surface area contributed by atoms with Gasteiger partial charge < -0.3 is 0 Å². The minimum absolute atomic E-state index is 0.233. The smallest absolute Gasteiger partial charge is 0.272 e. The molecule has 2 unspecified atom stereocenters. The predicted molar refractivity (Wildman–Crippen MR) is 79.0 cm³/mol. The highest BCUT2D eigenvalue weighted by molar-refractivity contribution is 5.49. The summed E-state index contributed by atoms with van der Waals surface area (Å²) in [5.41, 5.74) is 2.49. The Kier molecular flexibility index (Phi) is 3.57. The highest BCUT2D eigenvalue weighted by Gasteiger charge is 2.37. The highest BCUT2D eigenvalue weighted by atomic mass is 16.6. The van der Waals surface area contributed by atoms with Crippen LogP contribution in [-0.4, -0.2) is 29.0 Å². The second-order valence-corrected chi connectivity index (χ2v) is 5.74. The normalized spacial score (nSPS) is 25.6. The van der Waals surface area contributed by atoms with E-state index in [0.29, 0.717) is 17.6 Å². The molecule has 0 saturated carbocycles. The molecule has 0 bridgehead atoms. The maximum Gasteiger partial charge on any atom is 0.272 e. The van der Waals surface area contributed by atoms with E-state index in [2.05, 4.69) is 17.5 Å². The van der Waals surface area contributed by atoms with Gasteiger partial charge in [-0.1, -0.05) is 18.2 Å². The quantitative estimate of drug-likeness (QED) is 0.482. The molecule has 2 atom stereocenters. The van der Waals surface area contributed by atoms with Crippen LogP contribution >= 0.6 is 0 Å². The first-order valence-corrected chi connectivity index (χ1v) is 7.33. The van der Waals surface area contributed by atoms with Gasteiger partial charge in [-0.15, -0.1) is 6.58 Å². The third-order valence-corrected chi connectivity index (χ3v) is 4.73. The second kappa shape index (κ2) is 5.37. The molecule has 0 aromatic heterocycles. The monoisotopic (exact) mass is 272 g/mol. The lowest BCUT2D eigenvalue weighted by Crippen LogP contribution is -2.46. The summed E-state index contributed by atoms with van der Waals surface area (Å²) >= 11 is 0. The maximum atomic E-state index is 11.2. The summed E-state index contributed by atoms with van der Waals surface area (Å²) in [4.78, 5) is 13.4. The van der Waals surface area contributed by atoms with Crippen LogP contribution in [0.15, 0.2) is 30.9 Å². The van der Waals surface area contributed by atoms with Gasteiger partial charge in [0.2, 0.25) is 0 Å². The predicted octanol–water partition coefficient (Wildman–Crippen LogP) is 3.28. The van der Waals surface area contributed by atoms with Crippen LogP contribution in [0.3, 0.4) is 0 Å². The zero-order valence-electron chi connectivity index (χ0n) is 11.6. The minimum Gasteiger partial charge on any atom is -0.296 e. The zero-order valence-corrected chi connectivity index (χ0v) is 11.6. The number of nitrogens with zero attached hydrogens (tertiary/aromatic N) is 2. The van der Waals surface area contributed by atoms with E-state index < -0.39 is 0 Å². The first-order chi connectivity index (χ1) is 9.72. The fourth-order valence-electron chi connectivity index (χ4n) is 3.94. The van der Waals surface area contributed by atoms with Crippen molar-refractivity contribution in [3.05, 3.63) is 52.1 Å². The molecular weight excluding hydrogens is 252 g/mol. The van der Waals surface area contributed by atoms with Gasteiger partial charge in [-0.05, 0) is 37.8 Å². The molecule has 20 heavy (non-hydrogen) atoms.